The number of nitrogens with one attached hydrogen (secondary N) is 1. The third-order valence-corrected chi connectivity index (χ3v) is 7.66. The highest BCUT2D eigenvalue weighted by Crippen LogP contribution is 2.28. The number of hydrogen-bond acceptors (Lipinski definition) is 7. The Morgan fingerprint density at radius 3 is 2.45 bits per heavy atom. The molecule has 3 rings (SSSR count). The number of benzene rings is 1. The molecule has 1 N–H and O–H groups in total. The van der Waals surface area contributed by atoms with Crippen molar-refractivity contribution in [2.45, 2.75) is 43.3 Å². The number of para-hydroxylation sites is 1. The summed E-state index contributed by atoms with van der Waals surface area (Å²) in [6.45, 7) is 6.05. The van der Waals surface area contributed by atoms with Crippen molar-refractivity contribution in [1.82, 2.24) is 4.90 Å². The van der Waals surface area contributed by atoms with Crippen LogP contribution >= 0.6 is 22.9 Å². The maximum Gasteiger partial charge on any atom is 0.341 e. The van der Waals surface area contributed by atoms with Crippen LogP contribution in [0.3, 0.4) is 0 Å². The molecule has 1 fully saturated rings. The topological polar surface area (TPSA) is 102 Å². The SMILES string of the molecule is C[C@@H]1CN(C(=O)[C@@H](C)OC(=O)c2ccccc2NS(=O)(=O)c2ccc(Cl)s2)C[C@H](C)O1. The maximum absolute atomic E-state index is 12.7. The van der Waals surface area contributed by atoms with Crippen molar-refractivity contribution in [3.8, 4) is 0 Å². The second-order valence-electron chi connectivity index (χ2n) is 7.26. The van der Waals surface area contributed by atoms with E-state index in [0.717, 1.165) is 11.3 Å². The van der Waals surface area contributed by atoms with E-state index in [1.54, 1.807) is 17.0 Å². The lowest BCUT2D eigenvalue weighted by Gasteiger charge is -2.36. The van der Waals surface area contributed by atoms with Gasteiger partial charge in [-0.15, -0.1) is 11.3 Å². The first kappa shape index (κ1) is 23.5. The zero-order chi connectivity index (χ0) is 22.8. The number of rotatable bonds is 6. The largest absolute Gasteiger partial charge is 0.449 e. The number of amides is 1. The lowest BCUT2D eigenvalue weighted by molar-refractivity contribution is -0.151. The van der Waals surface area contributed by atoms with Crippen LogP contribution in [0.2, 0.25) is 4.34 Å². The summed E-state index contributed by atoms with van der Waals surface area (Å²) in [6.07, 6.45) is -1.27. The Hall–Kier alpha value is -2.14. The molecule has 0 saturated carbocycles. The number of hydrogen-bond donors (Lipinski definition) is 1. The Kier molecular flexibility index (Phi) is 7.25. The normalized spacial score (nSPS) is 20.2. The summed E-state index contributed by atoms with van der Waals surface area (Å²) in [7, 11) is -3.94. The van der Waals surface area contributed by atoms with Crippen molar-refractivity contribution in [1.29, 1.82) is 0 Å². The fourth-order valence-electron chi connectivity index (χ4n) is 3.28. The molecule has 1 aromatic carbocycles. The van der Waals surface area contributed by atoms with E-state index in [2.05, 4.69) is 4.72 Å². The molecule has 168 valence electrons. The van der Waals surface area contributed by atoms with Gasteiger partial charge < -0.3 is 14.4 Å². The minimum atomic E-state index is -3.94. The second-order valence-corrected chi connectivity index (χ2v) is 10.9. The van der Waals surface area contributed by atoms with Gasteiger partial charge in [0.1, 0.15) is 4.21 Å². The van der Waals surface area contributed by atoms with E-state index in [4.69, 9.17) is 21.1 Å². The Labute approximate surface area is 190 Å². The van der Waals surface area contributed by atoms with Crippen LogP contribution in [0.25, 0.3) is 0 Å². The summed E-state index contributed by atoms with van der Waals surface area (Å²) in [5.41, 5.74) is 0.0439. The molecule has 1 aromatic heterocycles. The van der Waals surface area contributed by atoms with Gasteiger partial charge in [0.25, 0.3) is 15.9 Å². The van der Waals surface area contributed by atoms with Crippen molar-refractivity contribution in [2.24, 2.45) is 0 Å². The lowest BCUT2D eigenvalue weighted by atomic mass is 10.2. The number of morpholine rings is 1. The molecule has 0 spiro atoms. The van der Waals surface area contributed by atoms with Crippen molar-refractivity contribution in [3.63, 3.8) is 0 Å². The van der Waals surface area contributed by atoms with Crippen molar-refractivity contribution in [2.75, 3.05) is 17.8 Å². The van der Waals surface area contributed by atoms with Gasteiger partial charge in [-0.2, -0.15) is 0 Å². The fraction of sp³-hybridized carbons (Fsp3) is 0.400. The van der Waals surface area contributed by atoms with E-state index in [9.17, 15) is 18.0 Å². The van der Waals surface area contributed by atoms with Gasteiger partial charge >= 0.3 is 5.97 Å². The Bertz CT molecular complexity index is 1060. The summed E-state index contributed by atoms with van der Waals surface area (Å²) < 4.78 is 38.9. The monoisotopic (exact) mass is 486 g/mol. The van der Waals surface area contributed by atoms with Crippen LogP contribution in [0.4, 0.5) is 5.69 Å². The van der Waals surface area contributed by atoms with E-state index < -0.39 is 22.1 Å². The average molecular weight is 487 g/mol. The van der Waals surface area contributed by atoms with Crippen LogP contribution in [-0.4, -0.2) is 56.6 Å². The highest BCUT2D eigenvalue weighted by molar-refractivity contribution is 7.94. The summed E-state index contributed by atoms with van der Waals surface area (Å²) in [6, 6.07) is 8.89. The van der Waals surface area contributed by atoms with Crippen LogP contribution in [0.5, 0.6) is 0 Å². The summed E-state index contributed by atoms with van der Waals surface area (Å²) in [4.78, 5) is 27.1. The summed E-state index contributed by atoms with van der Waals surface area (Å²) in [5, 5.41) is 0. The maximum atomic E-state index is 12.7. The standard InChI is InChI=1S/C20H23ClN2O6S2/c1-12-10-23(11-13(2)28-12)19(24)14(3)29-20(25)15-6-4-5-7-16(15)22-31(26,27)18-9-8-17(21)30-18/h4-9,12-14,22H,10-11H2,1-3H3/t12-,13+,14-/m1/s1. The van der Waals surface area contributed by atoms with Crippen LogP contribution in [0, 0.1) is 0 Å². The third-order valence-electron chi connectivity index (χ3n) is 4.57. The molecule has 1 amide bonds. The molecule has 1 saturated heterocycles. The zero-order valence-electron chi connectivity index (χ0n) is 17.2. The molecule has 2 heterocycles. The second kappa shape index (κ2) is 9.56. The molecular formula is C20H23ClN2O6S2. The molecule has 2 aromatic rings. The van der Waals surface area contributed by atoms with E-state index in [0.29, 0.717) is 17.4 Å². The molecular weight excluding hydrogens is 464 g/mol. The average Bonchev–Trinajstić information content (AvgIpc) is 3.14. The van der Waals surface area contributed by atoms with Gasteiger partial charge in [-0.05, 0) is 45.0 Å². The van der Waals surface area contributed by atoms with Gasteiger partial charge in [0, 0.05) is 13.1 Å². The Morgan fingerprint density at radius 1 is 1.19 bits per heavy atom. The molecule has 0 radical (unpaired) electrons. The Morgan fingerprint density at radius 2 is 1.84 bits per heavy atom. The number of thiophene rings is 1. The highest BCUT2D eigenvalue weighted by Gasteiger charge is 2.31. The number of sulfonamides is 1. The van der Waals surface area contributed by atoms with Crippen LogP contribution < -0.4 is 4.72 Å². The molecule has 8 nitrogen and oxygen atoms in total. The smallest absolute Gasteiger partial charge is 0.341 e. The van der Waals surface area contributed by atoms with Gasteiger partial charge in [0.05, 0.1) is 27.8 Å². The number of nitrogens with zero attached hydrogens (tertiary/aromatic N) is 1. The molecule has 3 atom stereocenters. The van der Waals surface area contributed by atoms with E-state index in [1.165, 1.54) is 31.2 Å². The summed E-state index contributed by atoms with van der Waals surface area (Å²) >= 11 is 6.73. The highest BCUT2D eigenvalue weighted by atomic mass is 35.5. The first-order valence-electron chi connectivity index (χ1n) is 9.59. The minimum Gasteiger partial charge on any atom is -0.449 e. The number of carbonyl (C=O) groups excluding carboxylic acids is 2. The minimum absolute atomic E-state index is 0.00269. The molecule has 1 aliphatic rings. The van der Waals surface area contributed by atoms with E-state index in [-0.39, 0.29) is 33.6 Å². The number of esters is 1. The third kappa shape index (κ3) is 5.76. The Balaban J connectivity index is 1.73. The van der Waals surface area contributed by atoms with Crippen molar-refractivity contribution >= 4 is 50.5 Å². The first-order valence-corrected chi connectivity index (χ1v) is 12.3. The van der Waals surface area contributed by atoms with Crippen LogP contribution in [-0.2, 0) is 24.3 Å². The molecule has 31 heavy (non-hydrogen) atoms. The molecule has 0 bridgehead atoms. The van der Waals surface area contributed by atoms with Gasteiger partial charge in [-0.25, -0.2) is 13.2 Å². The van der Waals surface area contributed by atoms with Gasteiger partial charge in [-0.3, -0.25) is 9.52 Å². The van der Waals surface area contributed by atoms with Gasteiger partial charge in [0.2, 0.25) is 0 Å². The van der Waals surface area contributed by atoms with Gasteiger partial charge in [-0.1, -0.05) is 23.7 Å². The molecule has 0 aliphatic carbocycles. The summed E-state index contributed by atoms with van der Waals surface area (Å²) in [5.74, 6) is -1.14. The van der Waals surface area contributed by atoms with Crippen molar-refractivity contribution < 1.29 is 27.5 Å². The number of halogens is 1. The van der Waals surface area contributed by atoms with Crippen LogP contribution in [0.15, 0.2) is 40.6 Å². The first-order chi connectivity index (χ1) is 14.6. The fourth-order valence-corrected chi connectivity index (χ4v) is 5.84. The van der Waals surface area contributed by atoms with Crippen LogP contribution in [0.1, 0.15) is 31.1 Å². The molecule has 11 heteroatoms. The van der Waals surface area contributed by atoms with E-state index >= 15 is 0 Å². The quantitative estimate of drug-likeness (QED) is 0.628. The predicted molar refractivity (Wildman–Crippen MR) is 118 cm³/mol. The predicted octanol–water partition coefficient (Wildman–Crippen LogP) is 3.38. The number of anilines is 1. The van der Waals surface area contributed by atoms with Crippen molar-refractivity contribution in [3.05, 3.63) is 46.3 Å². The lowest BCUT2D eigenvalue weighted by Crippen LogP contribution is -2.51. The number of ether oxygens (including phenoxy) is 2. The zero-order valence-corrected chi connectivity index (χ0v) is 19.6. The van der Waals surface area contributed by atoms with Gasteiger partial charge in [0.15, 0.2) is 6.10 Å². The molecule has 1 aliphatic heterocycles. The number of carbonyl (C=O) groups is 2. The molecule has 0 unspecified atom stereocenters. The van der Waals surface area contributed by atoms with E-state index in [1.807, 2.05) is 13.8 Å².